The Balaban J connectivity index is 1.48. The second-order valence-corrected chi connectivity index (χ2v) is 6.97. The highest BCUT2D eigenvalue weighted by atomic mass is 15.2. The summed E-state index contributed by atoms with van der Waals surface area (Å²) in [5.74, 6) is 1.48. The summed E-state index contributed by atoms with van der Waals surface area (Å²) in [6.45, 7) is 3.82. The van der Waals surface area contributed by atoms with Gasteiger partial charge in [0.1, 0.15) is 12.1 Å². The highest BCUT2D eigenvalue weighted by Gasteiger charge is 2.09. The molecule has 0 saturated heterocycles. The molecule has 0 amide bonds. The molecule has 0 saturated carbocycles. The van der Waals surface area contributed by atoms with E-state index < -0.39 is 0 Å². The Morgan fingerprint density at radius 2 is 1.80 bits per heavy atom. The van der Waals surface area contributed by atoms with E-state index in [-0.39, 0.29) is 0 Å². The van der Waals surface area contributed by atoms with Crippen molar-refractivity contribution in [3.05, 3.63) is 78.5 Å². The first-order valence-corrected chi connectivity index (χ1v) is 9.47. The smallest absolute Gasteiger partial charge is 0.153 e. The standard InChI is InChI=1S/C22H18N8/c1-14-6-9-21(29-28-14)25-17-7-8-20-19(11-17)23-13-30(20)22-5-3-4-18(26-22)16-10-15(2)27-24-12-16/h3-13H,1-2H3,(H,25,29). The molecular weight excluding hydrogens is 376 g/mol. The third kappa shape index (κ3) is 3.46. The number of pyridine rings is 1. The van der Waals surface area contributed by atoms with Gasteiger partial charge in [-0.3, -0.25) is 4.57 Å². The maximum absolute atomic E-state index is 4.80. The summed E-state index contributed by atoms with van der Waals surface area (Å²) in [5.41, 5.74) is 6.21. The van der Waals surface area contributed by atoms with Crippen LogP contribution >= 0.6 is 0 Å². The summed E-state index contributed by atoms with van der Waals surface area (Å²) < 4.78 is 1.97. The highest BCUT2D eigenvalue weighted by molar-refractivity contribution is 5.82. The zero-order valence-corrected chi connectivity index (χ0v) is 16.5. The van der Waals surface area contributed by atoms with Gasteiger partial charge in [-0.2, -0.15) is 15.3 Å². The number of nitrogens with zero attached hydrogens (tertiary/aromatic N) is 7. The van der Waals surface area contributed by atoms with Gasteiger partial charge in [-0.05, 0) is 62.4 Å². The molecule has 1 aromatic carbocycles. The van der Waals surface area contributed by atoms with Crippen LogP contribution in [0.2, 0.25) is 0 Å². The fraction of sp³-hybridized carbons (Fsp3) is 0.0909. The number of aromatic nitrogens is 7. The number of benzene rings is 1. The first kappa shape index (κ1) is 17.9. The van der Waals surface area contributed by atoms with E-state index in [1.165, 1.54) is 0 Å². The van der Waals surface area contributed by atoms with E-state index in [1.807, 2.05) is 73.0 Å². The lowest BCUT2D eigenvalue weighted by Gasteiger charge is -2.08. The molecular formula is C22H18N8. The van der Waals surface area contributed by atoms with E-state index in [2.05, 4.69) is 30.7 Å². The van der Waals surface area contributed by atoms with Crippen LogP contribution in [0.15, 0.2) is 67.1 Å². The van der Waals surface area contributed by atoms with Crippen molar-refractivity contribution in [3.63, 3.8) is 0 Å². The first-order chi connectivity index (χ1) is 14.7. The molecule has 0 aliphatic rings. The molecule has 4 aromatic heterocycles. The fourth-order valence-electron chi connectivity index (χ4n) is 3.22. The van der Waals surface area contributed by atoms with Crippen LogP contribution in [0.25, 0.3) is 28.1 Å². The van der Waals surface area contributed by atoms with Crippen molar-refractivity contribution in [1.29, 1.82) is 0 Å². The van der Waals surface area contributed by atoms with Crippen LogP contribution in [0.1, 0.15) is 11.4 Å². The molecule has 0 aliphatic carbocycles. The molecule has 8 nitrogen and oxygen atoms in total. The third-order valence-corrected chi connectivity index (χ3v) is 4.67. The van der Waals surface area contributed by atoms with Gasteiger partial charge in [0.25, 0.3) is 0 Å². The minimum atomic E-state index is 0.690. The Hall–Kier alpha value is -4.20. The minimum Gasteiger partial charge on any atom is -0.339 e. The number of anilines is 2. The van der Waals surface area contributed by atoms with E-state index in [1.54, 1.807) is 12.5 Å². The van der Waals surface area contributed by atoms with Crippen LogP contribution in [0.4, 0.5) is 11.5 Å². The molecule has 30 heavy (non-hydrogen) atoms. The van der Waals surface area contributed by atoms with Crippen molar-refractivity contribution in [2.75, 3.05) is 5.32 Å². The molecule has 0 atom stereocenters. The summed E-state index contributed by atoms with van der Waals surface area (Å²) in [7, 11) is 0. The van der Waals surface area contributed by atoms with Gasteiger partial charge in [-0.1, -0.05) is 6.07 Å². The van der Waals surface area contributed by atoms with Crippen LogP contribution in [-0.2, 0) is 0 Å². The second kappa shape index (κ2) is 7.32. The summed E-state index contributed by atoms with van der Waals surface area (Å²) >= 11 is 0. The average Bonchev–Trinajstić information content (AvgIpc) is 3.19. The Bertz CT molecular complexity index is 1340. The number of fused-ring (bicyclic) bond motifs is 1. The van der Waals surface area contributed by atoms with Crippen molar-refractivity contribution in [2.24, 2.45) is 0 Å². The second-order valence-electron chi connectivity index (χ2n) is 6.97. The van der Waals surface area contributed by atoms with Gasteiger partial charge in [0.2, 0.25) is 0 Å². The molecule has 0 unspecified atom stereocenters. The van der Waals surface area contributed by atoms with Crippen molar-refractivity contribution in [3.8, 4) is 17.1 Å². The van der Waals surface area contributed by atoms with Crippen LogP contribution < -0.4 is 5.32 Å². The van der Waals surface area contributed by atoms with Gasteiger partial charge in [0.05, 0.1) is 34.3 Å². The summed E-state index contributed by atoms with van der Waals surface area (Å²) in [4.78, 5) is 9.35. The Morgan fingerprint density at radius 1 is 0.867 bits per heavy atom. The number of hydrogen-bond acceptors (Lipinski definition) is 7. The summed E-state index contributed by atoms with van der Waals surface area (Å²) in [6, 6.07) is 17.7. The van der Waals surface area contributed by atoms with E-state index >= 15 is 0 Å². The quantitative estimate of drug-likeness (QED) is 0.492. The molecule has 0 radical (unpaired) electrons. The van der Waals surface area contributed by atoms with Gasteiger partial charge in [0.15, 0.2) is 5.82 Å². The molecule has 4 heterocycles. The average molecular weight is 394 g/mol. The number of nitrogens with one attached hydrogen (secondary N) is 1. The van der Waals surface area contributed by atoms with Crippen LogP contribution in [0.3, 0.4) is 0 Å². The first-order valence-electron chi connectivity index (χ1n) is 9.47. The summed E-state index contributed by atoms with van der Waals surface area (Å²) in [6.07, 6.45) is 3.50. The molecule has 5 aromatic rings. The number of imidazole rings is 1. The number of hydrogen-bond donors (Lipinski definition) is 1. The van der Waals surface area contributed by atoms with Gasteiger partial charge < -0.3 is 5.32 Å². The van der Waals surface area contributed by atoms with Gasteiger partial charge in [-0.25, -0.2) is 9.97 Å². The minimum absolute atomic E-state index is 0.690. The molecule has 0 fully saturated rings. The SMILES string of the molecule is Cc1cc(-c2cccc(-n3cnc4cc(Nc5ccc(C)nn5)ccc43)n2)cnn1. The van der Waals surface area contributed by atoms with Crippen LogP contribution in [-0.4, -0.2) is 34.9 Å². The number of rotatable bonds is 4. The van der Waals surface area contributed by atoms with Crippen LogP contribution in [0, 0.1) is 13.8 Å². The predicted molar refractivity (Wildman–Crippen MR) is 115 cm³/mol. The van der Waals surface area contributed by atoms with E-state index in [9.17, 15) is 0 Å². The lowest BCUT2D eigenvalue weighted by Crippen LogP contribution is -1.98. The zero-order valence-electron chi connectivity index (χ0n) is 16.5. The normalized spacial score (nSPS) is 11.0. The Labute approximate surface area is 172 Å². The van der Waals surface area contributed by atoms with E-state index in [0.717, 1.165) is 45.2 Å². The lowest BCUT2D eigenvalue weighted by atomic mass is 10.2. The maximum Gasteiger partial charge on any atom is 0.153 e. The van der Waals surface area contributed by atoms with Crippen molar-refractivity contribution >= 4 is 22.5 Å². The van der Waals surface area contributed by atoms with Crippen molar-refractivity contribution < 1.29 is 0 Å². The predicted octanol–water partition coefficient (Wildman–Crippen LogP) is 4.03. The molecule has 8 heteroatoms. The lowest BCUT2D eigenvalue weighted by molar-refractivity contribution is 0.977. The van der Waals surface area contributed by atoms with Gasteiger partial charge >= 0.3 is 0 Å². The van der Waals surface area contributed by atoms with Gasteiger partial charge in [0, 0.05) is 11.3 Å². The van der Waals surface area contributed by atoms with Crippen molar-refractivity contribution in [1.82, 2.24) is 34.9 Å². The third-order valence-electron chi connectivity index (χ3n) is 4.67. The monoisotopic (exact) mass is 394 g/mol. The Morgan fingerprint density at radius 3 is 2.63 bits per heavy atom. The van der Waals surface area contributed by atoms with Crippen LogP contribution in [0.5, 0.6) is 0 Å². The fourth-order valence-corrected chi connectivity index (χ4v) is 3.22. The topological polar surface area (TPSA) is 94.3 Å². The molecule has 0 bridgehead atoms. The van der Waals surface area contributed by atoms with Gasteiger partial charge in [-0.15, -0.1) is 5.10 Å². The number of aryl methyl sites for hydroxylation is 2. The molecule has 0 spiro atoms. The zero-order chi connectivity index (χ0) is 20.5. The Kier molecular flexibility index (Phi) is 4.36. The largest absolute Gasteiger partial charge is 0.339 e. The maximum atomic E-state index is 4.80. The van der Waals surface area contributed by atoms with E-state index in [0.29, 0.717) is 5.82 Å². The summed E-state index contributed by atoms with van der Waals surface area (Å²) in [5, 5.41) is 19.5. The van der Waals surface area contributed by atoms with Crippen molar-refractivity contribution in [2.45, 2.75) is 13.8 Å². The highest BCUT2D eigenvalue weighted by Crippen LogP contribution is 2.24. The molecule has 146 valence electrons. The molecule has 0 aliphatic heterocycles. The molecule has 5 rings (SSSR count). The van der Waals surface area contributed by atoms with E-state index in [4.69, 9.17) is 4.98 Å². The molecule has 1 N–H and O–H groups in total.